The lowest BCUT2D eigenvalue weighted by atomic mass is 10.1. The first-order valence-corrected chi connectivity index (χ1v) is 7.74. The molecule has 2 rings (SSSR count). The van der Waals surface area contributed by atoms with Crippen LogP contribution < -0.4 is 10.6 Å². The van der Waals surface area contributed by atoms with Crippen molar-refractivity contribution in [2.75, 3.05) is 23.7 Å². The molecule has 1 saturated carbocycles. The fraction of sp³-hybridized carbons (Fsp3) is 0.733. The third-order valence-corrected chi connectivity index (χ3v) is 3.86. The molecule has 5 heteroatoms. The maximum absolute atomic E-state index is 9.59. The predicted molar refractivity (Wildman–Crippen MR) is 82.0 cm³/mol. The Morgan fingerprint density at radius 3 is 2.55 bits per heavy atom. The van der Waals surface area contributed by atoms with E-state index in [-0.39, 0.29) is 6.10 Å². The number of anilines is 2. The Kier molecular flexibility index (Phi) is 5.59. The molecule has 0 saturated heterocycles. The van der Waals surface area contributed by atoms with E-state index in [0.717, 1.165) is 56.8 Å². The van der Waals surface area contributed by atoms with Crippen molar-refractivity contribution in [1.82, 2.24) is 9.97 Å². The van der Waals surface area contributed by atoms with Crippen molar-refractivity contribution in [3.63, 3.8) is 0 Å². The molecular weight excluding hydrogens is 252 g/mol. The largest absolute Gasteiger partial charge is 0.393 e. The molecule has 0 bridgehead atoms. The summed E-state index contributed by atoms with van der Waals surface area (Å²) in [7, 11) is 0. The van der Waals surface area contributed by atoms with Gasteiger partial charge in [0, 0.05) is 18.7 Å². The van der Waals surface area contributed by atoms with Crippen LogP contribution in [-0.2, 0) is 6.42 Å². The molecule has 2 atom stereocenters. The Morgan fingerprint density at radius 1 is 1.20 bits per heavy atom. The van der Waals surface area contributed by atoms with Crippen LogP contribution in [-0.4, -0.2) is 34.3 Å². The second-order valence-electron chi connectivity index (χ2n) is 5.54. The number of hydrogen-bond donors (Lipinski definition) is 3. The quantitative estimate of drug-likeness (QED) is 0.714. The number of aliphatic hydroxyl groups excluding tert-OH is 1. The van der Waals surface area contributed by atoms with Gasteiger partial charge in [-0.1, -0.05) is 13.3 Å². The summed E-state index contributed by atoms with van der Waals surface area (Å²) in [5.41, 5.74) is 1.18. The van der Waals surface area contributed by atoms with Gasteiger partial charge in [0.2, 0.25) is 0 Å². The molecule has 1 aromatic rings. The predicted octanol–water partition coefficient (Wildman–Crippen LogP) is 2.43. The lowest BCUT2D eigenvalue weighted by molar-refractivity contribution is 0.178. The summed E-state index contributed by atoms with van der Waals surface area (Å²) in [5.74, 6) is 2.44. The average molecular weight is 278 g/mol. The molecule has 0 aromatic carbocycles. The van der Waals surface area contributed by atoms with Crippen LogP contribution in [0, 0.1) is 5.92 Å². The first-order valence-electron chi connectivity index (χ1n) is 7.74. The monoisotopic (exact) mass is 278 g/mol. The smallest absolute Gasteiger partial charge is 0.134 e. The maximum Gasteiger partial charge on any atom is 0.134 e. The van der Waals surface area contributed by atoms with Crippen molar-refractivity contribution in [3.05, 3.63) is 11.9 Å². The molecule has 3 N–H and O–H groups in total. The topological polar surface area (TPSA) is 70.1 Å². The first-order chi connectivity index (χ1) is 9.74. The molecule has 112 valence electrons. The maximum atomic E-state index is 9.59. The summed E-state index contributed by atoms with van der Waals surface area (Å²) in [6.45, 7) is 5.99. The minimum atomic E-state index is -0.111. The highest BCUT2D eigenvalue weighted by atomic mass is 16.3. The van der Waals surface area contributed by atoms with Crippen LogP contribution in [0.3, 0.4) is 0 Å². The zero-order chi connectivity index (χ0) is 14.4. The summed E-state index contributed by atoms with van der Waals surface area (Å²) < 4.78 is 0. The normalized spacial score (nSPS) is 21.9. The second-order valence-corrected chi connectivity index (χ2v) is 5.54. The van der Waals surface area contributed by atoms with E-state index < -0.39 is 0 Å². The second kappa shape index (κ2) is 7.43. The molecule has 1 heterocycles. The molecule has 0 radical (unpaired) electrons. The molecule has 5 nitrogen and oxygen atoms in total. The van der Waals surface area contributed by atoms with Gasteiger partial charge in [0.05, 0.1) is 6.10 Å². The molecule has 0 aliphatic heterocycles. The molecular formula is C15H26N4O. The van der Waals surface area contributed by atoms with E-state index in [4.69, 9.17) is 0 Å². The van der Waals surface area contributed by atoms with E-state index in [1.807, 2.05) is 0 Å². The Morgan fingerprint density at radius 2 is 1.95 bits per heavy atom. The van der Waals surface area contributed by atoms with E-state index in [1.54, 1.807) is 6.33 Å². The van der Waals surface area contributed by atoms with Gasteiger partial charge in [-0.15, -0.1) is 0 Å². The van der Waals surface area contributed by atoms with Gasteiger partial charge in [0.15, 0.2) is 0 Å². The van der Waals surface area contributed by atoms with E-state index in [1.165, 1.54) is 5.56 Å². The Hall–Kier alpha value is -1.36. The van der Waals surface area contributed by atoms with Crippen molar-refractivity contribution in [2.45, 2.75) is 52.1 Å². The molecule has 1 fully saturated rings. The van der Waals surface area contributed by atoms with E-state index in [9.17, 15) is 5.11 Å². The zero-order valence-corrected chi connectivity index (χ0v) is 12.5. The van der Waals surface area contributed by atoms with Crippen molar-refractivity contribution in [1.29, 1.82) is 0 Å². The van der Waals surface area contributed by atoms with Gasteiger partial charge in [-0.3, -0.25) is 0 Å². The summed E-state index contributed by atoms with van der Waals surface area (Å²) in [5, 5.41) is 16.3. The minimum absolute atomic E-state index is 0.111. The number of nitrogens with one attached hydrogen (secondary N) is 2. The fourth-order valence-corrected chi connectivity index (χ4v) is 2.85. The van der Waals surface area contributed by atoms with Crippen LogP contribution in [0.2, 0.25) is 0 Å². The SMILES string of the molecule is CCCc1c(NCC)ncnc1NCC1CCC(O)C1. The third-order valence-electron chi connectivity index (χ3n) is 3.86. The minimum Gasteiger partial charge on any atom is -0.393 e. The number of nitrogens with zero attached hydrogens (tertiary/aromatic N) is 2. The van der Waals surface area contributed by atoms with E-state index in [0.29, 0.717) is 5.92 Å². The van der Waals surface area contributed by atoms with Crippen molar-refractivity contribution < 1.29 is 5.11 Å². The highest BCUT2D eigenvalue weighted by Gasteiger charge is 2.23. The molecule has 1 aromatic heterocycles. The molecule has 1 aliphatic carbocycles. The van der Waals surface area contributed by atoms with Gasteiger partial charge in [0.1, 0.15) is 18.0 Å². The number of aromatic nitrogens is 2. The van der Waals surface area contributed by atoms with Gasteiger partial charge in [-0.05, 0) is 38.5 Å². The van der Waals surface area contributed by atoms with Crippen LogP contribution in [0.25, 0.3) is 0 Å². The number of rotatable bonds is 7. The van der Waals surface area contributed by atoms with Crippen LogP contribution in [0.1, 0.15) is 45.1 Å². The van der Waals surface area contributed by atoms with Crippen LogP contribution >= 0.6 is 0 Å². The van der Waals surface area contributed by atoms with Gasteiger partial charge in [-0.25, -0.2) is 9.97 Å². The van der Waals surface area contributed by atoms with E-state index in [2.05, 4.69) is 34.4 Å². The standard InChI is InChI=1S/C15H26N4O/c1-3-5-13-14(16-4-2)18-10-19-15(13)17-9-11-6-7-12(20)8-11/h10-12,20H,3-9H2,1-2H3,(H2,16,17,18,19). The summed E-state index contributed by atoms with van der Waals surface area (Å²) in [6, 6.07) is 0. The summed E-state index contributed by atoms with van der Waals surface area (Å²) in [6.07, 6.45) is 6.48. The Balaban J connectivity index is 2.03. The number of hydrogen-bond acceptors (Lipinski definition) is 5. The molecule has 20 heavy (non-hydrogen) atoms. The highest BCUT2D eigenvalue weighted by Crippen LogP contribution is 2.27. The highest BCUT2D eigenvalue weighted by molar-refractivity contribution is 5.57. The van der Waals surface area contributed by atoms with Gasteiger partial charge in [-0.2, -0.15) is 0 Å². The molecule has 2 unspecified atom stereocenters. The zero-order valence-electron chi connectivity index (χ0n) is 12.5. The summed E-state index contributed by atoms with van der Waals surface area (Å²) >= 11 is 0. The average Bonchev–Trinajstić information content (AvgIpc) is 2.85. The van der Waals surface area contributed by atoms with Crippen molar-refractivity contribution in [3.8, 4) is 0 Å². The Bertz CT molecular complexity index is 424. The van der Waals surface area contributed by atoms with Gasteiger partial charge >= 0.3 is 0 Å². The number of aliphatic hydroxyl groups is 1. The van der Waals surface area contributed by atoms with Crippen LogP contribution in [0.15, 0.2) is 6.33 Å². The molecule has 0 spiro atoms. The van der Waals surface area contributed by atoms with Crippen LogP contribution in [0.4, 0.5) is 11.6 Å². The molecule has 0 amide bonds. The lowest BCUT2D eigenvalue weighted by Gasteiger charge is -2.16. The first kappa shape index (κ1) is 15.0. The summed E-state index contributed by atoms with van der Waals surface area (Å²) in [4.78, 5) is 8.73. The fourth-order valence-electron chi connectivity index (χ4n) is 2.85. The molecule has 1 aliphatic rings. The van der Waals surface area contributed by atoms with Crippen molar-refractivity contribution >= 4 is 11.6 Å². The van der Waals surface area contributed by atoms with Gasteiger partial charge < -0.3 is 15.7 Å². The lowest BCUT2D eigenvalue weighted by Crippen LogP contribution is -2.16. The third kappa shape index (κ3) is 3.82. The van der Waals surface area contributed by atoms with Crippen LogP contribution in [0.5, 0.6) is 0 Å². The van der Waals surface area contributed by atoms with E-state index >= 15 is 0 Å². The van der Waals surface area contributed by atoms with Crippen molar-refractivity contribution in [2.24, 2.45) is 5.92 Å². The van der Waals surface area contributed by atoms with Gasteiger partial charge in [0.25, 0.3) is 0 Å². The Labute approximate surface area is 121 Å².